The smallest absolute Gasteiger partial charge is 0.00992 e. The quantitative estimate of drug-likeness (QED) is 0.586. The molecule has 0 aromatic heterocycles. The van der Waals surface area contributed by atoms with Crippen molar-refractivity contribution in [2.75, 3.05) is 0 Å². The zero-order chi connectivity index (χ0) is 11.0. The molecule has 0 aliphatic heterocycles. The van der Waals surface area contributed by atoms with Crippen molar-refractivity contribution >= 4 is 17.7 Å². The molecule has 0 fully saturated rings. The Morgan fingerprint density at radius 2 is 1.62 bits per heavy atom. The van der Waals surface area contributed by atoms with Crippen molar-refractivity contribution in [3.8, 4) is 0 Å². The number of rotatable bonds is 2. The van der Waals surface area contributed by atoms with Crippen LogP contribution in [0.5, 0.6) is 0 Å². The van der Waals surface area contributed by atoms with E-state index in [0.29, 0.717) is 0 Å². The topological polar surface area (TPSA) is 0 Å². The first-order valence-corrected chi connectivity index (χ1v) is 5.42. The van der Waals surface area contributed by atoms with Crippen molar-refractivity contribution in [3.05, 3.63) is 77.4 Å². The van der Waals surface area contributed by atoms with E-state index in [0.717, 1.165) is 5.56 Å². The van der Waals surface area contributed by atoms with E-state index in [1.807, 2.05) is 6.08 Å². The Morgan fingerprint density at radius 1 is 0.875 bits per heavy atom. The highest BCUT2D eigenvalue weighted by molar-refractivity contribution is 6.02. The fourth-order valence-electron chi connectivity index (χ4n) is 2.06. The SMILES string of the molecule is C=Cc1ccc(C2=Cc3ccccc32)cc1. The molecule has 0 N–H and O–H groups in total. The first-order valence-electron chi connectivity index (χ1n) is 5.42. The third kappa shape index (κ3) is 1.31. The molecule has 0 unspecified atom stereocenters. The Kier molecular flexibility index (Phi) is 2.00. The normalized spacial score (nSPS) is 12.4. The molecule has 0 spiro atoms. The summed E-state index contributed by atoms with van der Waals surface area (Å²) in [7, 11) is 0. The molecule has 2 aromatic rings. The average molecular weight is 204 g/mol. The minimum atomic E-state index is 1.16. The molecule has 0 heterocycles. The van der Waals surface area contributed by atoms with Crippen molar-refractivity contribution < 1.29 is 0 Å². The van der Waals surface area contributed by atoms with E-state index in [4.69, 9.17) is 0 Å². The maximum absolute atomic E-state index is 3.76. The summed E-state index contributed by atoms with van der Waals surface area (Å²) in [6.45, 7) is 3.76. The highest BCUT2D eigenvalue weighted by atomic mass is 14.2. The van der Waals surface area contributed by atoms with Crippen LogP contribution < -0.4 is 0 Å². The van der Waals surface area contributed by atoms with Crippen LogP contribution >= 0.6 is 0 Å². The van der Waals surface area contributed by atoms with Gasteiger partial charge in [0, 0.05) is 0 Å². The minimum absolute atomic E-state index is 1.16. The van der Waals surface area contributed by atoms with Crippen LogP contribution in [-0.4, -0.2) is 0 Å². The van der Waals surface area contributed by atoms with Crippen LogP contribution in [0.3, 0.4) is 0 Å². The highest BCUT2D eigenvalue weighted by Gasteiger charge is 2.16. The van der Waals surface area contributed by atoms with Crippen molar-refractivity contribution in [2.24, 2.45) is 0 Å². The predicted octanol–water partition coefficient (Wildman–Crippen LogP) is 4.23. The lowest BCUT2D eigenvalue weighted by Crippen LogP contribution is -1.99. The Hall–Kier alpha value is -2.08. The van der Waals surface area contributed by atoms with Crippen molar-refractivity contribution in [1.82, 2.24) is 0 Å². The van der Waals surface area contributed by atoms with Gasteiger partial charge in [-0.3, -0.25) is 0 Å². The van der Waals surface area contributed by atoms with E-state index in [1.165, 1.54) is 22.3 Å². The summed E-state index contributed by atoms with van der Waals surface area (Å²) in [5.41, 5.74) is 6.48. The molecule has 1 aliphatic rings. The molecule has 16 heavy (non-hydrogen) atoms. The molecule has 0 saturated heterocycles. The fraction of sp³-hybridized carbons (Fsp3) is 0. The van der Waals surface area contributed by atoms with Gasteiger partial charge in [-0.15, -0.1) is 0 Å². The molecule has 0 saturated carbocycles. The zero-order valence-corrected chi connectivity index (χ0v) is 8.98. The van der Waals surface area contributed by atoms with E-state index in [9.17, 15) is 0 Å². The monoisotopic (exact) mass is 204 g/mol. The van der Waals surface area contributed by atoms with Crippen LogP contribution in [-0.2, 0) is 0 Å². The predicted molar refractivity (Wildman–Crippen MR) is 69.9 cm³/mol. The van der Waals surface area contributed by atoms with Gasteiger partial charge in [-0.25, -0.2) is 0 Å². The maximum atomic E-state index is 3.76. The second kappa shape index (κ2) is 3.49. The zero-order valence-electron chi connectivity index (χ0n) is 8.98. The van der Waals surface area contributed by atoms with Gasteiger partial charge in [0.05, 0.1) is 0 Å². The lowest BCUT2D eigenvalue weighted by Gasteiger charge is -2.20. The van der Waals surface area contributed by atoms with Gasteiger partial charge >= 0.3 is 0 Å². The van der Waals surface area contributed by atoms with Crippen LogP contribution in [0.25, 0.3) is 17.7 Å². The molecule has 2 aromatic carbocycles. The standard InChI is InChI=1S/C16H12/c1-2-12-7-9-13(10-8-12)16-11-14-5-3-4-6-15(14)16/h2-11H,1H2. The molecular formula is C16H12. The lowest BCUT2D eigenvalue weighted by molar-refractivity contribution is 1.48. The maximum Gasteiger partial charge on any atom is -0.00992 e. The van der Waals surface area contributed by atoms with Gasteiger partial charge in [-0.2, -0.15) is 0 Å². The number of hydrogen-bond acceptors (Lipinski definition) is 0. The Morgan fingerprint density at radius 3 is 2.31 bits per heavy atom. The second-order valence-corrected chi connectivity index (χ2v) is 3.97. The Bertz CT molecular complexity index is 571. The summed E-state index contributed by atoms with van der Waals surface area (Å²) in [4.78, 5) is 0. The largest absolute Gasteiger partial charge is 0.0985 e. The van der Waals surface area contributed by atoms with Crippen LogP contribution in [0.4, 0.5) is 0 Å². The average Bonchev–Trinajstić information content (AvgIpc) is 2.32. The van der Waals surface area contributed by atoms with E-state index in [-0.39, 0.29) is 0 Å². The molecule has 0 nitrogen and oxygen atoms in total. The number of hydrogen-bond donors (Lipinski definition) is 0. The molecule has 0 radical (unpaired) electrons. The lowest BCUT2D eigenvalue weighted by atomic mass is 9.84. The van der Waals surface area contributed by atoms with Crippen LogP contribution in [0.15, 0.2) is 55.1 Å². The molecule has 0 atom stereocenters. The summed E-state index contributed by atoms with van der Waals surface area (Å²) in [5, 5.41) is 0. The molecular weight excluding hydrogens is 192 g/mol. The third-order valence-electron chi connectivity index (χ3n) is 3.01. The molecule has 1 aliphatic carbocycles. The van der Waals surface area contributed by atoms with Gasteiger partial charge in [0.1, 0.15) is 0 Å². The van der Waals surface area contributed by atoms with Crippen LogP contribution in [0.2, 0.25) is 0 Å². The van der Waals surface area contributed by atoms with Gasteiger partial charge in [-0.1, -0.05) is 61.2 Å². The molecule has 0 amide bonds. The Balaban J connectivity index is 1.99. The van der Waals surface area contributed by atoms with Gasteiger partial charge in [0.25, 0.3) is 0 Å². The van der Waals surface area contributed by atoms with Gasteiger partial charge in [0.2, 0.25) is 0 Å². The highest BCUT2D eigenvalue weighted by Crippen LogP contribution is 2.36. The molecule has 0 bridgehead atoms. The van der Waals surface area contributed by atoms with Crippen molar-refractivity contribution in [2.45, 2.75) is 0 Å². The summed E-state index contributed by atoms with van der Waals surface area (Å²) < 4.78 is 0. The number of benzene rings is 2. The fourth-order valence-corrected chi connectivity index (χ4v) is 2.06. The second-order valence-electron chi connectivity index (χ2n) is 3.97. The summed E-state index contributed by atoms with van der Waals surface area (Å²) >= 11 is 0. The van der Waals surface area contributed by atoms with Gasteiger partial charge in [0.15, 0.2) is 0 Å². The molecule has 76 valence electrons. The van der Waals surface area contributed by atoms with Crippen LogP contribution in [0.1, 0.15) is 22.3 Å². The first kappa shape index (κ1) is 9.17. The van der Waals surface area contributed by atoms with Crippen molar-refractivity contribution in [3.63, 3.8) is 0 Å². The molecule has 3 rings (SSSR count). The van der Waals surface area contributed by atoms with Crippen molar-refractivity contribution in [1.29, 1.82) is 0 Å². The van der Waals surface area contributed by atoms with E-state index < -0.39 is 0 Å². The Labute approximate surface area is 95.6 Å². The van der Waals surface area contributed by atoms with Gasteiger partial charge in [-0.05, 0) is 33.9 Å². The summed E-state index contributed by atoms with van der Waals surface area (Å²) in [5.74, 6) is 0. The first-order chi connectivity index (χ1) is 7.88. The third-order valence-corrected chi connectivity index (χ3v) is 3.01. The minimum Gasteiger partial charge on any atom is -0.0985 e. The van der Waals surface area contributed by atoms with E-state index in [2.05, 4.69) is 61.2 Å². The molecule has 0 heteroatoms. The van der Waals surface area contributed by atoms with Crippen LogP contribution in [0, 0.1) is 0 Å². The van der Waals surface area contributed by atoms with E-state index >= 15 is 0 Å². The van der Waals surface area contributed by atoms with Gasteiger partial charge < -0.3 is 0 Å². The summed E-state index contributed by atoms with van der Waals surface area (Å²) in [6, 6.07) is 17.0. The summed E-state index contributed by atoms with van der Waals surface area (Å²) in [6.07, 6.45) is 4.10. The number of fused-ring (bicyclic) bond motifs is 1. The van der Waals surface area contributed by atoms with E-state index in [1.54, 1.807) is 0 Å².